The van der Waals surface area contributed by atoms with E-state index in [4.69, 9.17) is 0 Å². The zero-order chi connectivity index (χ0) is 12.3. The van der Waals surface area contributed by atoms with Gasteiger partial charge in [0.15, 0.2) is 0 Å². The standard InChI is InChI=1S/C12H20N4O/c1-3-10-15-11(13-2)6-12(16-10)14-7-8-4-9(17)5-8/h6,8-9,17H,3-5,7H2,1-2H3,(H2,13,14,15,16). The number of aromatic nitrogens is 2. The molecule has 1 aromatic rings. The lowest BCUT2D eigenvalue weighted by atomic mass is 9.82. The van der Waals surface area contributed by atoms with E-state index in [1.54, 1.807) is 0 Å². The van der Waals surface area contributed by atoms with E-state index in [1.807, 2.05) is 20.0 Å². The maximum atomic E-state index is 9.22. The first-order chi connectivity index (χ1) is 8.21. The molecule has 5 heteroatoms. The second-order valence-electron chi connectivity index (χ2n) is 4.53. The van der Waals surface area contributed by atoms with Gasteiger partial charge in [0.05, 0.1) is 6.10 Å². The smallest absolute Gasteiger partial charge is 0.132 e. The van der Waals surface area contributed by atoms with Crippen molar-refractivity contribution in [3.63, 3.8) is 0 Å². The largest absolute Gasteiger partial charge is 0.393 e. The third kappa shape index (κ3) is 3.06. The van der Waals surface area contributed by atoms with E-state index in [0.717, 1.165) is 43.3 Å². The zero-order valence-electron chi connectivity index (χ0n) is 10.4. The molecule has 17 heavy (non-hydrogen) atoms. The van der Waals surface area contributed by atoms with Gasteiger partial charge in [-0.25, -0.2) is 9.97 Å². The van der Waals surface area contributed by atoms with Gasteiger partial charge in [0, 0.05) is 26.1 Å². The minimum atomic E-state index is -0.0914. The van der Waals surface area contributed by atoms with Gasteiger partial charge in [-0.15, -0.1) is 0 Å². The minimum absolute atomic E-state index is 0.0914. The summed E-state index contributed by atoms with van der Waals surface area (Å²) in [5, 5.41) is 15.6. The van der Waals surface area contributed by atoms with Crippen LogP contribution in [0.2, 0.25) is 0 Å². The van der Waals surface area contributed by atoms with Gasteiger partial charge in [0.1, 0.15) is 17.5 Å². The first kappa shape index (κ1) is 12.1. The number of aliphatic hydroxyl groups is 1. The van der Waals surface area contributed by atoms with E-state index in [0.29, 0.717) is 5.92 Å². The van der Waals surface area contributed by atoms with Crippen LogP contribution in [0, 0.1) is 5.92 Å². The van der Waals surface area contributed by atoms with E-state index >= 15 is 0 Å². The Morgan fingerprint density at radius 1 is 1.35 bits per heavy atom. The van der Waals surface area contributed by atoms with Crippen LogP contribution in [0.5, 0.6) is 0 Å². The number of nitrogens with zero attached hydrogens (tertiary/aromatic N) is 2. The van der Waals surface area contributed by atoms with Gasteiger partial charge < -0.3 is 15.7 Å². The Kier molecular flexibility index (Phi) is 3.78. The zero-order valence-corrected chi connectivity index (χ0v) is 10.4. The second kappa shape index (κ2) is 5.31. The van der Waals surface area contributed by atoms with E-state index in [1.165, 1.54) is 0 Å². The van der Waals surface area contributed by atoms with Crippen LogP contribution in [-0.4, -0.2) is 34.8 Å². The molecule has 94 valence electrons. The molecule has 1 aliphatic carbocycles. The monoisotopic (exact) mass is 236 g/mol. The molecular weight excluding hydrogens is 216 g/mol. The Labute approximate surface area is 102 Å². The molecular formula is C12H20N4O. The lowest BCUT2D eigenvalue weighted by molar-refractivity contribution is 0.0486. The summed E-state index contributed by atoms with van der Waals surface area (Å²) in [6.45, 7) is 2.92. The summed E-state index contributed by atoms with van der Waals surface area (Å²) in [5.74, 6) is 3.12. The highest BCUT2D eigenvalue weighted by molar-refractivity contribution is 5.47. The maximum Gasteiger partial charge on any atom is 0.132 e. The summed E-state index contributed by atoms with van der Waals surface area (Å²) in [7, 11) is 1.86. The first-order valence-corrected chi connectivity index (χ1v) is 6.19. The van der Waals surface area contributed by atoms with Crippen molar-refractivity contribution in [1.82, 2.24) is 9.97 Å². The van der Waals surface area contributed by atoms with Crippen LogP contribution < -0.4 is 10.6 Å². The van der Waals surface area contributed by atoms with Gasteiger partial charge in [-0.2, -0.15) is 0 Å². The van der Waals surface area contributed by atoms with Crippen LogP contribution in [0.4, 0.5) is 11.6 Å². The highest BCUT2D eigenvalue weighted by atomic mass is 16.3. The van der Waals surface area contributed by atoms with Gasteiger partial charge >= 0.3 is 0 Å². The average Bonchev–Trinajstić information content (AvgIpc) is 2.32. The summed E-state index contributed by atoms with van der Waals surface area (Å²) in [6, 6.07) is 1.91. The highest BCUT2D eigenvalue weighted by Crippen LogP contribution is 2.27. The molecule has 0 spiro atoms. The van der Waals surface area contributed by atoms with Crippen LogP contribution in [0.3, 0.4) is 0 Å². The Balaban J connectivity index is 1.94. The van der Waals surface area contributed by atoms with Crippen molar-refractivity contribution < 1.29 is 5.11 Å². The maximum absolute atomic E-state index is 9.22. The number of aliphatic hydroxyl groups excluding tert-OH is 1. The van der Waals surface area contributed by atoms with Crippen molar-refractivity contribution in [2.45, 2.75) is 32.3 Å². The SMILES string of the molecule is CCc1nc(NC)cc(NCC2CC(O)C2)n1. The fraction of sp³-hybridized carbons (Fsp3) is 0.667. The lowest BCUT2D eigenvalue weighted by Crippen LogP contribution is -2.33. The molecule has 1 fully saturated rings. The summed E-state index contributed by atoms with van der Waals surface area (Å²) in [6.07, 6.45) is 2.54. The Morgan fingerprint density at radius 3 is 2.65 bits per heavy atom. The lowest BCUT2D eigenvalue weighted by Gasteiger charge is -2.31. The quantitative estimate of drug-likeness (QED) is 0.718. The summed E-state index contributed by atoms with van der Waals surface area (Å²) in [4.78, 5) is 8.77. The van der Waals surface area contributed by atoms with E-state index in [-0.39, 0.29) is 6.10 Å². The molecule has 0 radical (unpaired) electrons. The van der Waals surface area contributed by atoms with Crippen LogP contribution in [-0.2, 0) is 6.42 Å². The van der Waals surface area contributed by atoms with Crippen molar-refractivity contribution in [3.05, 3.63) is 11.9 Å². The molecule has 1 heterocycles. The van der Waals surface area contributed by atoms with Crippen LogP contribution in [0.25, 0.3) is 0 Å². The van der Waals surface area contributed by atoms with E-state index in [9.17, 15) is 5.11 Å². The number of anilines is 2. The van der Waals surface area contributed by atoms with E-state index in [2.05, 4.69) is 20.6 Å². The molecule has 3 N–H and O–H groups in total. The molecule has 0 saturated heterocycles. The normalized spacial score (nSPS) is 23.0. The van der Waals surface area contributed by atoms with Crippen molar-refractivity contribution in [3.8, 4) is 0 Å². The average molecular weight is 236 g/mol. The van der Waals surface area contributed by atoms with Gasteiger partial charge in [0.2, 0.25) is 0 Å². The highest BCUT2D eigenvalue weighted by Gasteiger charge is 2.26. The summed E-state index contributed by atoms with van der Waals surface area (Å²) in [5.41, 5.74) is 0. The Morgan fingerprint density at radius 2 is 2.06 bits per heavy atom. The fourth-order valence-corrected chi connectivity index (χ4v) is 1.99. The third-order valence-corrected chi connectivity index (χ3v) is 3.13. The second-order valence-corrected chi connectivity index (χ2v) is 4.53. The van der Waals surface area contributed by atoms with Crippen molar-refractivity contribution in [2.75, 3.05) is 24.2 Å². The van der Waals surface area contributed by atoms with Crippen LogP contribution in [0.1, 0.15) is 25.6 Å². The van der Waals surface area contributed by atoms with Gasteiger partial charge in [-0.05, 0) is 18.8 Å². The predicted octanol–water partition coefficient (Wildman–Crippen LogP) is 1.26. The molecule has 2 rings (SSSR count). The molecule has 1 saturated carbocycles. The molecule has 0 aliphatic heterocycles. The number of rotatable bonds is 5. The summed E-state index contributed by atoms with van der Waals surface area (Å²) < 4.78 is 0. The first-order valence-electron chi connectivity index (χ1n) is 6.19. The molecule has 0 bridgehead atoms. The molecule has 5 nitrogen and oxygen atoms in total. The molecule has 0 aromatic carbocycles. The Hall–Kier alpha value is -1.36. The molecule has 0 unspecified atom stereocenters. The topological polar surface area (TPSA) is 70.1 Å². The van der Waals surface area contributed by atoms with Crippen molar-refractivity contribution in [2.24, 2.45) is 5.92 Å². The van der Waals surface area contributed by atoms with Gasteiger partial charge in [-0.3, -0.25) is 0 Å². The number of hydrogen-bond acceptors (Lipinski definition) is 5. The summed E-state index contributed by atoms with van der Waals surface area (Å²) >= 11 is 0. The van der Waals surface area contributed by atoms with Crippen molar-refractivity contribution >= 4 is 11.6 Å². The van der Waals surface area contributed by atoms with Crippen LogP contribution in [0.15, 0.2) is 6.07 Å². The number of nitrogens with one attached hydrogen (secondary N) is 2. The van der Waals surface area contributed by atoms with Gasteiger partial charge in [-0.1, -0.05) is 6.92 Å². The van der Waals surface area contributed by atoms with Gasteiger partial charge in [0.25, 0.3) is 0 Å². The molecule has 1 aromatic heterocycles. The van der Waals surface area contributed by atoms with E-state index < -0.39 is 0 Å². The number of hydrogen-bond donors (Lipinski definition) is 3. The third-order valence-electron chi connectivity index (χ3n) is 3.13. The molecule has 0 amide bonds. The minimum Gasteiger partial charge on any atom is -0.393 e. The number of aryl methyl sites for hydroxylation is 1. The predicted molar refractivity (Wildman–Crippen MR) is 68.2 cm³/mol. The molecule has 0 atom stereocenters. The van der Waals surface area contributed by atoms with Crippen molar-refractivity contribution in [1.29, 1.82) is 0 Å². The fourth-order valence-electron chi connectivity index (χ4n) is 1.99. The Bertz CT molecular complexity index is 355. The molecule has 1 aliphatic rings. The van der Waals surface area contributed by atoms with Crippen LogP contribution >= 0.6 is 0 Å².